The molecule has 128 valence electrons. The molecule has 0 fully saturated rings. The van der Waals surface area contributed by atoms with Gasteiger partial charge in [0.05, 0.1) is 16.9 Å². The number of rotatable bonds is 1. The Morgan fingerprint density at radius 1 is 1.04 bits per heavy atom. The number of hydrogen-bond donors (Lipinski definition) is 2. The van der Waals surface area contributed by atoms with Crippen molar-refractivity contribution in [3.63, 3.8) is 0 Å². The zero-order chi connectivity index (χ0) is 17.8. The van der Waals surface area contributed by atoms with Gasteiger partial charge < -0.3 is 10.0 Å². The predicted octanol–water partition coefficient (Wildman–Crippen LogP) is 2.25. The van der Waals surface area contributed by atoms with Crippen LogP contribution in [0.2, 0.25) is 0 Å². The second kappa shape index (κ2) is 5.20. The molecule has 2 aliphatic heterocycles. The van der Waals surface area contributed by atoms with E-state index in [9.17, 15) is 18.3 Å². The molecule has 25 heavy (non-hydrogen) atoms. The van der Waals surface area contributed by atoms with Gasteiger partial charge in [-0.2, -0.15) is 13.2 Å². The van der Waals surface area contributed by atoms with Gasteiger partial charge in [-0.1, -0.05) is 30.3 Å². The Hall–Kier alpha value is -3.09. The summed E-state index contributed by atoms with van der Waals surface area (Å²) in [5.74, 6) is -0.150. The van der Waals surface area contributed by atoms with Crippen LogP contribution < -0.4 is 20.9 Å². The lowest BCUT2D eigenvalue weighted by molar-refractivity contribution is -0.137. The number of likely N-dealkylation sites (N-methyl/N-ethyl adjacent to an activating group) is 1. The molecule has 0 aromatic heterocycles. The molecule has 0 radical (unpaired) electrons. The molecule has 0 saturated heterocycles. The van der Waals surface area contributed by atoms with Crippen molar-refractivity contribution < 1.29 is 18.3 Å². The molecule has 2 N–H and O–H groups in total. The number of aliphatic hydroxyl groups is 1. The molecule has 0 unspecified atom stereocenters. The van der Waals surface area contributed by atoms with Crippen LogP contribution in [0.25, 0.3) is 11.9 Å². The number of nitrogens with zero attached hydrogens (tertiary/aromatic N) is 2. The molecule has 0 atom stereocenters. The first-order valence-electron chi connectivity index (χ1n) is 7.58. The Kier molecular flexibility index (Phi) is 3.21. The molecule has 2 heterocycles. The molecule has 0 amide bonds. The van der Waals surface area contributed by atoms with Gasteiger partial charge in [0.1, 0.15) is 5.70 Å². The van der Waals surface area contributed by atoms with Crippen LogP contribution in [0.3, 0.4) is 0 Å². The molecule has 0 saturated carbocycles. The number of nitrogens with one attached hydrogen (secondary N) is 1. The van der Waals surface area contributed by atoms with Crippen molar-refractivity contribution in [2.24, 2.45) is 0 Å². The summed E-state index contributed by atoms with van der Waals surface area (Å²) in [4.78, 5) is 1.74. The van der Waals surface area contributed by atoms with Crippen LogP contribution in [0, 0.1) is 0 Å². The molecule has 2 aromatic carbocycles. The Morgan fingerprint density at radius 2 is 1.80 bits per heavy atom. The van der Waals surface area contributed by atoms with Crippen LogP contribution in [0.1, 0.15) is 5.56 Å². The number of fused-ring (bicyclic) bond motifs is 2. The van der Waals surface area contributed by atoms with E-state index in [1.165, 1.54) is 17.1 Å². The summed E-state index contributed by atoms with van der Waals surface area (Å²) in [6, 6.07) is 12.4. The van der Waals surface area contributed by atoms with Gasteiger partial charge in [-0.15, -0.1) is 0 Å². The average Bonchev–Trinajstić information content (AvgIpc) is 2.93. The third-order valence-corrected chi connectivity index (χ3v) is 4.23. The first-order chi connectivity index (χ1) is 11.9. The van der Waals surface area contributed by atoms with Crippen LogP contribution in [0.5, 0.6) is 0 Å². The molecular formula is C18H14F3N3O. The lowest BCUT2D eigenvalue weighted by atomic mass is 10.1. The van der Waals surface area contributed by atoms with Gasteiger partial charge in [0, 0.05) is 23.7 Å². The van der Waals surface area contributed by atoms with E-state index >= 15 is 0 Å². The van der Waals surface area contributed by atoms with E-state index in [4.69, 9.17) is 0 Å². The van der Waals surface area contributed by atoms with Crippen LogP contribution in [0.4, 0.5) is 18.9 Å². The molecule has 0 spiro atoms. The Labute approximate surface area is 141 Å². The minimum atomic E-state index is -4.45. The third kappa shape index (κ3) is 2.39. The number of hydrogen-bond acceptors (Lipinski definition) is 4. The first-order valence-corrected chi connectivity index (χ1v) is 7.58. The predicted molar refractivity (Wildman–Crippen MR) is 88.0 cm³/mol. The van der Waals surface area contributed by atoms with Crippen molar-refractivity contribution in [1.29, 1.82) is 0 Å². The molecular weight excluding hydrogens is 331 g/mol. The summed E-state index contributed by atoms with van der Waals surface area (Å²) < 4.78 is 38.9. The van der Waals surface area contributed by atoms with Crippen molar-refractivity contribution in [2.45, 2.75) is 6.18 Å². The van der Waals surface area contributed by atoms with E-state index in [1.807, 2.05) is 30.5 Å². The number of benzene rings is 2. The van der Waals surface area contributed by atoms with Gasteiger partial charge in [0.2, 0.25) is 5.88 Å². The van der Waals surface area contributed by atoms with Crippen LogP contribution in [0.15, 0.2) is 60.1 Å². The van der Waals surface area contributed by atoms with Crippen molar-refractivity contribution in [2.75, 3.05) is 12.1 Å². The number of aliphatic hydroxyl groups excluding tert-OH is 1. The van der Waals surface area contributed by atoms with E-state index in [1.54, 1.807) is 11.9 Å². The van der Waals surface area contributed by atoms with Crippen LogP contribution in [-0.2, 0) is 6.18 Å². The molecule has 7 heteroatoms. The third-order valence-electron chi connectivity index (χ3n) is 4.23. The maximum Gasteiger partial charge on any atom is 0.416 e. The molecule has 2 aliphatic rings. The monoisotopic (exact) mass is 345 g/mol. The molecule has 2 aromatic rings. The van der Waals surface area contributed by atoms with Gasteiger partial charge >= 0.3 is 6.18 Å². The lowest BCUT2D eigenvalue weighted by Crippen LogP contribution is -2.40. The summed E-state index contributed by atoms with van der Waals surface area (Å²) in [5.41, 5.74) is 3.61. The Bertz CT molecular complexity index is 1010. The number of anilines is 1. The second-order valence-electron chi connectivity index (χ2n) is 5.87. The molecule has 0 bridgehead atoms. The zero-order valence-electron chi connectivity index (χ0n) is 13.2. The van der Waals surface area contributed by atoms with Crippen molar-refractivity contribution in [1.82, 2.24) is 10.3 Å². The molecule has 4 nitrogen and oxygen atoms in total. The van der Waals surface area contributed by atoms with Crippen LogP contribution in [-0.4, -0.2) is 17.1 Å². The maximum absolute atomic E-state index is 13.0. The highest BCUT2D eigenvalue weighted by Crippen LogP contribution is 2.34. The van der Waals surface area contributed by atoms with E-state index in [0.717, 1.165) is 22.6 Å². The fourth-order valence-electron chi connectivity index (χ4n) is 3.08. The van der Waals surface area contributed by atoms with Gasteiger partial charge in [-0.3, -0.25) is 5.43 Å². The topological polar surface area (TPSA) is 38.7 Å². The van der Waals surface area contributed by atoms with Crippen molar-refractivity contribution in [3.05, 3.63) is 76.1 Å². The maximum atomic E-state index is 13.0. The van der Waals surface area contributed by atoms with E-state index in [2.05, 4.69) is 5.43 Å². The fraction of sp³-hybridized carbons (Fsp3) is 0.111. The summed E-state index contributed by atoms with van der Waals surface area (Å²) in [5, 5.41) is 13.7. The number of alkyl halides is 3. The summed E-state index contributed by atoms with van der Waals surface area (Å²) >= 11 is 0. The molecule has 0 aliphatic carbocycles. The number of hydrazine groups is 1. The highest BCUT2D eigenvalue weighted by molar-refractivity contribution is 5.75. The standard InChI is InChI=1S/C18H14F3N3O/c1-23-10-11-5-2-3-8-14(11)15-16(23)17(25)24(22-15)13-7-4-6-12(9-13)18(19,20)21/h2-10,22,25H,1H3. The summed E-state index contributed by atoms with van der Waals surface area (Å²) in [6.45, 7) is 0. The van der Waals surface area contributed by atoms with E-state index < -0.39 is 11.7 Å². The zero-order valence-corrected chi connectivity index (χ0v) is 13.2. The Morgan fingerprint density at radius 3 is 2.56 bits per heavy atom. The van der Waals surface area contributed by atoms with Crippen LogP contribution >= 0.6 is 0 Å². The van der Waals surface area contributed by atoms with Crippen molar-refractivity contribution >= 4 is 17.6 Å². The minimum absolute atomic E-state index is 0.150. The minimum Gasteiger partial charge on any atom is -0.492 e. The first kappa shape index (κ1) is 15.4. The highest BCUT2D eigenvalue weighted by atomic mass is 19.4. The van der Waals surface area contributed by atoms with Gasteiger partial charge in [0.15, 0.2) is 0 Å². The van der Waals surface area contributed by atoms with Crippen molar-refractivity contribution in [3.8, 4) is 0 Å². The normalized spacial score (nSPS) is 16.4. The summed E-state index contributed by atoms with van der Waals surface area (Å²) in [6.07, 6.45) is -2.59. The van der Waals surface area contributed by atoms with Gasteiger partial charge in [0.25, 0.3) is 0 Å². The highest BCUT2D eigenvalue weighted by Gasteiger charge is 2.34. The average molecular weight is 345 g/mol. The van der Waals surface area contributed by atoms with E-state index in [0.29, 0.717) is 11.4 Å². The summed E-state index contributed by atoms with van der Waals surface area (Å²) in [7, 11) is 1.78. The Balaban J connectivity index is 1.86. The SMILES string of the molecule is CN1C=c2ccccc2=C2NN(c3cccc(C(F)(F)F)c3)C(O)=C21. The lowest BCUT2D eigenvalue weighted by Gasteiger charge is -2.20. The number of halogens is 3. The van der Waals surface area contributed by atoms with E-state index in [-0.39, 0.29) is 11.6 Å². The fourth-order valence-corrected chi connectivity index (χ4v) is 3.08. The smallest absolute Gasteiger partial charge is 0.416 e. The van der Waals surface area contributed by atoms with Gasteiger partial charge in [-0.05, 0) is 18.2 Å². The second-order valence-corrected chi connectivity index (χ2v) is 5.87. The van der Waals surface area contributed by atoms with Gasteiger partial charge in [-0.25, -0.2) is 5.01 Å². The molecule has 4 rings (SSSR count). The quantitative estimate of drug-likeness (QED) is 0.832. The largest absolute Gasteiger partial charge is 0.492 e.